The van der Waals surface area contributed by atoms with Crippen LogP contribution in [0.5, 0.6) is 5.75 Å². The summed E-state index contributed by atoms with van der Waals surface area (Å²) in [6.07, 6.45) is 4.35. The van der Waals surface area contributed by atoms with Gasteiger partial charge in [0.25, 0.3) is 0 Å². The molecule has 0 unspecified atom stereocenters. The van der Waals surface area contributed by atoms with Crippen LogP contribution < -0.4 is 0 Å². The smallest absolute Gasteiger partial charge is 0.325 e. The van der Waals surface area contributed by atoms with Crippen molar-refractivity contribution < 1.29 is 19.5 Å². The molecule has 0 fully saturated rings. The lowest BCUT2D eigenvalue weighted by Gasteiger charge is -2.04. The Hall–Kier alpha value is -0.830. The fourth-order valence-corrected chi connectivity index (χ4v) is 2.30. The second-order valence-corrected chi connectivity index (χ2v) is 6.00. The second-order valence-electron chi connectivity index (χ2n) is 4.22. The first-order chi connectivity index (χ1) is 7.97. The lowest BCUT2D eigenvalue weighted by molar-refractivity contribution is 0.370. The summed E-state index contributed by atoms with van der Waals surface area (Å²) in [6.45, 7) is 0. The molecule has 0 heterocycles. The summed E-state index contributed by atoms with van der Waals surface area (Å²) >= 11 is 0. The van der Waals surface area contributed by atoms with Crippen molar-refractivity contribution in [3.05, 3.63) is 29.8 Å². The molecule has 0 spiro atoms. The minimum Gasteiger partial charge on any atom is -0.508 e. The molecule has 0 radical (unpaired) electrons. The molecule has 3 N–H and O–H groups in total. The highest BCUT2D eigenvalue weighted by Gasteiger charge is 2.10. The van der Waals surface area contributed by atoms with Crippen LogP contribution >= 0.6 is 7.60 Å². The van der Waals surface area contributed by atoms with Gasteiger partial charge in [-0.2, -0.15) is 0 Å². The fraction of sp³-hybridized carbons (Fsp3) is 0.500. The van der Waals surface area contributed by atoms with E-state index in [2.05, 4.69) is 0 Å². The topological polar surface area (TPSA) is 77.8 Å². The molecule has 5 heteroatoms. The zero-order valence-corrected chi connectivity index (χ0v) is 10.6. The molecule has 17 heavy (non-hydrogen) atoms. The lowest BCUT2D eigenvalue weighted by atomic mass is 10.1. The van der Waals surface area contributed by atoms with Crippen LogP contribution in [0.2, 0.25) is 0 Å². The van der Waals surface area contributed by atoms with Crippen LogP contribution in [0, 0.1) is 0 Å². The van der Waals surface area contributed by atoms with Crippen molar-refractivity contribution in [3.8, 4) is 5.75 Å². The zero-order valence-electron chi connectivity index (χ0n) is 9.75. The summed E-state index contributed by atoms with van der Waals surface area (Å²) in [5.74, 6) is 0.274. The first-order valence-electron chi connectivity index (χ1n) is 5.80. The Balaban J connectivity index is 2.08. The van der Waals surface area contributed by atoms with Gasteiger partial charge in [0.1, 0.15) is 5.75 Å². The molecule has 0 aliphatic rings. The monoisotopic (exact) mass is 258 g/mol. The van der Waals surface area contributed by atoms with E-state index in [0.29, 0.717) is 6.42 Å². The van der Waals surface area contributed by atoms with E-state index in [-0.39, 0.29) is 11.9 Å². The number of aromatic hydroxyl groups is 1. The molecule has 0 bridgehead atoms. The van der Waals surface area contributed by atoms with E-state index in [9.17, 15) is 4.57 Å². The number of hydrogen-bond donors (Lipinski definition) is 3. The number of rotatable bonds is 7. The first kappa shape index (κ1) is 14.2. The van der Waals surface area contributed by atoms with Crippen LogP contribution in [0.15, 0.2) is 24.3 Å². The van der Waals surface area contributed by atoms with E-state index < -0.39 is 7.60 Å². The largest absolute Gasteiger partial charge is 0.508 e. The predicted molar refractivity (Wildman–Crippen MR) is 67.2 cm³/mol. The molecule has 1 aromatic rings. The Morgan fingerprint density at radius 2 is 1.53 bits per heavy atom. The lowest BCUT2D eigenvalue weighted by Crippen LogP contribution is -1.89. The molecule has 0 aliphatic carbocycles. The van der Waals surface area contributed by atoms with Gasteiger partial charge in [-0.25, -0.2) is 0 Å². The van der Waals surface area contributed by atoms with Crippen molar-refractivity contribution in [1.82, 2.24) is 0 Å². The van der Waals surface area contributed by atoms with Crippen LogP contribution in [-0.2, 0) is 11.0 Å². The van der Waals surface area contributed by atoms with Gasteiger partial charge in [0, 0.05) is 6.16 Å². The van der Waals surface area contributed by atoms with Crippen molar-refractivity contribution in [1.29, 1.82) is 0 Å². The number of phenols is 1. The molecular weight excluding hydrogens is 239 g/mol. The van der Waals surface area contributed by atoms with E-state index in [0.717, 1.165) is 25.7 Å². The van der Waals surface area contributed by atoms with Crippen molar-refractivity contribution in [3.63, 3.8) is 0 Å². The highest BCUT2D eigenvalue weighted by atomic mass is 31.2. The summed E-state index contributed by atoms with van der Waals surface area (Å²) in [5.41, 5.74) is 1.18. The molecule has 0 atom stereocenters. The van der Waals surface area contributed by atoms with Gasteiger partial charge in [-0.05, 0) is 37.0 Å². The van der Waals surface area contributed by atoms with E-state index >= 15 is 0 Å². The van der Waals surface area contributed by atoms with Crippen LogP contribution in [0.25, 0.3) is 0 Å². The Kier molecular flexibility index (Phi) is 5.69. The molecule has 0 saturated heterocycles. The Morgan fingerprint density at radius 1 is 0.941 bits per heavy atom. The molecule has 96 valence electrons. The maximum absolute atomic E-state index is 10.6. The van der Waals surface area contributed by atoms with Gasteiger partial charge < -0.3 is 14.9 Å². The summed E-state index contributed by atoms with van der Waals surface area (Å²) in [6, 6.07) is 7.13. The van der Waals surface area contributed by atoms with Gasteiger partial charge in [-0.15, -0.1) is 0 Å². The standard InChI is InChI=1S/C12H19O4P/c13-12-8-6-11(7-9-12)5-3-1-2-4-10-17(14,15)16/h6-9,13H,1-5,10H2,(H2,14,15,16). The molecule has 0 aliphatic heterocycles. The van der Waals surface area contributed by atoms with Crippen LogP contribution in [0.4, 0.5) is 0 Å². The van der Waals surface area contributed by atoms with Crippen LogP contribution in [0.3, 0.4) is 0 Å². The van der Waals surface area contributed by atoms with Gasteiger partial charge in [0.05, 0.1) is 0 Å². The van der Waals surface area contributed by atoms with Gasteiger partial charge in [-0.3, -0.25) is 4.57 Å². The quantitative estimate of drug-likeness (QED) is 0.519. The highest BCUT2D eigenvalue weighted by Crippen LogP contribution is 2.35. The van der Waals surface area contributed by atoms with Gasteiger partial charge >= 0.3 is 7.60 Å². The molecule has 0 amide bonds. The van der Waals surface area contributed by atoms with Crippen LogP contribution in [0.1, 0.15) is 31.2 Å². The summed E-state index contributed by atoms with van der Waals surface area (Å²) < 4.78 is 10.6. The van der Waals surface area contributed by atoms with Crippen molar-refractivity contribution in [2.75, 3.05) is 6.16 Å². The van der Waals surface area contributed by atoms with Crippen molar-refractivity contribution in [2.45, 2.75) is 32.1 Å². The fourth-order valence-electron chi connectivity index (χ4n) is 1.66. The van der Waals surface area contributed by atoms with Gasteiger partial charge in [0.2, 0.25) is 0 Å². The Morgan fingerprint density at radius 3 is 2.12 bits per heavy atom. The molecule has 0 aromatic heterocycles. The maximum Gasteiger partial charge on any atom is 0.325 e. The third-order valence-corrected chi connectivity index (χ3v) is 3.50. The summed E-state index contributed by atoms with van der Waals surface area (Å²) in [4.78, 5) is 17.3. The number of phenolic OH excluding ortho intramolecular Hbond substituents is 1. The molecule has 0 saturated carbocycles. The minimum absolute atomic E-state index is 0.00773. The van der Waals surface area contributed by atoms with Crippen molar-refractivity contribution in [2.24, 2.45) is 0 Å². The van der Waals surface area contributed by atoms with E-state index in [4.69, 9.17) is 14.9 Å². The first-order valence-corrected chi connectivity index (χ1v) is 7.59. The molecule has 4 nitrogen and oxygen atoms in total. The van der Waals surface area contributed by atoms with Crippen molar-refractivity contribution >= 4 is 7.60 Å². The summed E-state index contributed by atoms with van der Waals surface area (Å²) in [5, 5.41) is 9.10. The second kappa shape index (κ2) is 6.80. The highest BCUT2D eigenvalue weighted by molar-refractivity contribution is 7.51. The van der Waals surface area contributed by atoms with Crippen LogP contribution in [-0.4, -0.2) is 21.1 Å². The molecule has 1 aromatic carbocycles. The van der Waals surface area contributed by atoms with E-state index in [1.54, 1.807) is 12.1 Å². The number of unbranched alkanes of at least 4 members (excludes halogenated alkanes) is 3. The average molecular weight is 258 g/mol. The molecular formula is C12H19O4P. The average Bonchev–Trinajstić information content (AvgIpc) is 2.24. The third kappa shape index (κ3) is 7.16. The SMILES string of the molecule is O=P(O)(O)CCCCCCc1ccc(O)cc1. The Bertz CT molecular complexity index is 369. The molecule has 1 rings (SSSR count). The normalized spacial score (nSPS) is 11.6. The number of aryl methyl sites for hydroxylation is 1. The third-order valence-electron chi connectivity index (χ3n) is 2.60. The Labute approximate surface area is 101 Å². The number of hydrogen-bond acceptors (Lipinski definition) is 2. The predicted octanol–water partition coefficient (Wildman–Crippen LogP) is 2.67. The summed E-state index contributed by atoms with van der Waals surface area (Å²) in [7, 11) is -3.81. The van der Waals surface area contributed by atoms with Gasteiger partial charge in [0.15, 0.2) is 0 Å². The van der Waals surface area contributed by atoms with Gasteiger partial charge in [-0.1, -0.05) is 25.0 Å². The maximum atomic E-state index is 10.6. The van der Waals surface area contributed by atoms with E-state index in [1.165, 1.54) is 5.56 Å². The van der Waals surface area contributed by atoms with E-state index in [1.807, 2.05) is 12.1 Å². The number of benzene rings is 1. The zero-order chi connectivity index (χ0) is 12.7. The minimum atomic E-state index is -3.81.